The molecule has 0 spiro atoms. The molecular weight excluding hydrogens is 226 g/mol. The van der Waals surface area contributed by atoms with Crippen LogP contribution in [0.5, 0.6) is 0 Å². The molecule has 4 nitrogen and oxygen atoms in total. The van der Waals surface area contributed by atoms with E-state index in [1.54, 1.807) is 0 Å². The van der Waals surface area contributed by atoms with E-state index in [0.29, 0.717) is 11.6 Å². The molecule has 1 saturated heterocycles. The molecule has 0 saturated carbocycles. The minimum absolute atomic E-state index is 0.536. The highest BCUT2D eigenvalue weighted by molar-refractivity contribution is 6.31. The highest BCUT2D eigenvalue weighted by Crippen LogP contribution is 2.24. The summed E-state index contributed by atoms with van der Waals surface area (Å²) >= 11 is 6.08. The number of hydrogen-bond donors (Lipinski definition) is 2. The van der Waals surface area contributed by atoms with Gasteiger partial charge < -0.3 is 10.4 Å². The Balaban J connectivity index is 2.16. The molecule has 0 amide bonds. The maximum absolute atomic E-state index is 10.4. The zero-order valence-electron chi connectivity index (χ0n) is 9.76. The first-order chi connectivity index (χ1) is 7.52. The molecule has 16 heavy (non-hydrogen) atoms. The maximum atomic E-state index is 10.4. The SMILES string of the molecule is Cc1nn(CC2(O)CCNCC2)c(C)c1Cl. The summed E-state index contributed by atoms with van der Waals surface area (Å²) in [6.45, 7) is 6.09. The van der Waals surface area contributed by atoms with Gasteiger partial charge in [0.05, 0.1) is 28.6 Å². The minimum atomic E-state index is -0.641. The third-order valence-electron chi connectivity index (χ3n) is 3.27. The Kier molecular flexibility index (Phi) is 3.24. The molecule has 1 aliphatic heterocycles. The molecule has 2 rings (SSSR count). The van der Waals surface area contributed by atoms with Crippen molar-refractivity contribution in [2.24, 2.45) is 0 Å². The molecule has 0 aliphatic carbocycles. The highest BCUT2D eigenvalue weighted by atomic mass is 35.5. The summed E-state index contributed by atoms with van der Waals surface area (Å²) in [5.41, 5.74) is 1.13. The van der Waals surface area contributed by atoms with E-state index in [1.807, 2.05) is 18.5 Å². The summed E-state index contributed by atoms with van der Waals surface area (Å²) in [4.78, 5) is 0. The molecule has 0 aromatic carbocycles. The number of aryl methyl sites for hydroxylation is 1. The zero-order chi connectivity index (χ0) is 11.8. The largest absolute Gasteiger partial charge is 0.388 e. The lowest BCUT2D eigenvalue weighted by atomic mass is 9.92. The van der Waals surface area contributed by atoms with Crippen LogP contribution in [0, 0.1) is 13.8 Å². The Bertz CT molecular complexity index is 383. The summed E-state index contributed by atoms with van der Waals surface area (Å²) in [6.07, 6.45) is 1.53. The number of hydrogen-bond acceptors (Lipinski definition) is 3. The highest BCUT2D eigenvalue weighted by Gasteiger charge is 2.30. The predicted octanol–water partition coefficient (Wildman–Crippen LogP) is 1.27. The standard InChI is InChI=1S/C11H18ClN3O/c1-8-10(12)9(2)15(14-8)7-11(16)3-5-13-6-4-11/h13,16H,3-7H2,1-2H3. The fourth-order valence-corrected chi connectivity index (χ4v) is 2.29. The molecule has 2 heterocycles. The van der Waals surface area contributed by atoms with E-state index in [2.05, 4.69) is 10.4 Å². The molecular formula is C11H18ClN3O. The molecule has 1 aromatic rings. The van der Waals surface area contributed by atoms with Crippen molar-refractivity contribution >= 4 is 11.6 Å². The third kappa shape index (κ3) is 2.24. The lowest BCUT2D eigenvalue weighted by molar-refractivity contribution is -0.00876. The van der Waals surface area contributed by atoms with Crippen LogP contribution < -0.4 is 5.32 Å². The molecule has 0 atom stereocenters. The molecule has 2 N–H and O–H groups in total. The summed E-state index contributed by atoms with van der Waals surface area (Å²) in [6, 6.07) is 0. The van der Waals surface area contributed by atoms with E-state index in [1.165, 1.54) is 0 Å². The van der Waals surface area contributed by atoms with E-state index in [0.717, 1.165) is 37.3 Å². The number of rotatable bonds is 2. The second kappa shape index (κ2) is 4.35. The zero-order valence-corrected chi connectivity index (χ0v) is 10.5. The average Bonchev–Trinajstić information content (AvgIpc) is 2.47. The van der Waals surface area contributed by atoms with E-state index < -0.39 is 5.60 Å². The molecule has 0 bridgehead atoms. The molecule has 1 aromatic heterocycles. The first kappa shape index (κ1) is 11.9. The van der Waals surface area contributed by atoms with Crippen molar-refractivity contribution in [2.45, 2.75) is 38.8 Å². The topological polar surface area (TPSA) is 50.1 Å². The van der Waals surface area contributed by atoms with Gasteiger partial charge in [0.15, 0.2) is 0 Å². The first-order valence-electron chi connectivity index (χ1n) is 5.64. The lowest BCUT2D eigenvalue weighted by Crippen LogP contribution is -2.45. The van der Waals surface area contributed by atoms with Gasteiger partial charge in [0.25, 0.3) is 0 Å². The molecule has 5 heteroatoms. The second-order valence-corrected chi connectivity index (χ2v) is 4.99. The van der Waals surface area contributed by atoms with E-state index in [9.17, 15) is 5.11 Å². The Morgan fingerprint density at radius 1 is 1.44 bits per heavy atom. The Hall–Kier alpha value is -0.580. The van der Waals surface area contributed by atoms with Crippen LogP contribution >= 0.6 is 11.6 Å². The van der Waals surface area contributed by atoms with Crippen molar-refractivity contribution in [3.8, 4) is 0 Å². The second-order valence-electron chi connectivity index (χ2n) is 4.62. The van der Waals surface area contributed by atoms with E-state index in [-0.39, 0.29) is 0 Å². The van der Waals surface area contributed by atoms with Gasteiger partial charge in [-0.3, -0.25) is 4.68 Å². The van der Waals surface area contributed by atoms with E-state index in [4.69, 9.17) is 11.6 Å². The monoisotopic (exact) mass is 243 g/mol. The van der Waals surface area contributed by atoms with Crippen molar-refractivity contribution in [1.82, 2.24) is 15.1 Å². The van der Waals surface area contributed by atoms with Gasteiger partial charge in [-0.1, -0.05) is 11.6 Å². The van der Waals surface area contributed by atoms with Crippen LogP contribution in [0.4, 0.5) is 0 Å². The summed E-state index contributed by atoms with van der Waals surface area (Å²) < 4.78 is 1.82. The Labute approximate surface area is 101 Å². The fourth-order valence-electron chi connectivity index (χ4n) is 2.16. The Morgan fingerprint density at radius 2 is 2.06 bits per heavy atom. The van der Waals surface area contributed by atoms with Gasteiger partial charge >= 0.3 is 0 Å². The minimum Gasteiger partial charge on any atom is -0.388 e. The number of nitrogens with one attached hydrogen (secondary N) is 1. The number of aromatic nitrogens is 2. The van der Waals surface area contributed by atoms with Gasteiger partial charge in [0.2, 0.25) is 0 Å². The molecule has 90 valence electrons. The van der Waals surface area contributed by atoms with Crippen molar-refractivity contribution in [1.29, 1.82) is 0 Å². The van der Waals surface area contributed by atoms with Crippen LogP contribution in [0.15, 0.2) is 0 Å². The van der Waals surface area contributed by atoms with Gasteiger partial charge in [0, 0.05) is 0 Å². The lowest BCUT2D eigenvalue weighted by Gasteiger charge is -2.32. The van der Waals surface area contributed by atoms with Crippen LogP contribution in [0.25, 0.3) is 0 Å². The van der Waals surface area contributed by atoms with Crippen LogP contribution in [-0.2, 0) is 6.54 Å². The van der Waals surface area contributed by atoms with Gasteiger partial charge in [-0.2, -0.15) is 5.10 Å². The number of halogens is 1. The van der Waals surface area contributed by atoms with E-state index >= 15 is 0 Å². The van der Waals surface area contributed by atoms with Gasteiger partial charge in [-0.05, 0) is 39.8 Å². The van der Waals surface area contributed by atoms with Gasteiger partial charge in [-0.15, -0.1) is 0 Å². The van der Waals surface area contributed by atoms with Gasteiger partial charge in [-0.25, -0.2) is 0 Å². The summed E-state index contributed by atoms with van der Waals surface area (Å²) in [5.74, 6) is 0. The van der Waals surface area contributed by atoms with Crippen LogP contribution in [0.1, 0.15) is 24.2 Å². The average molecular weight is 244 g/mol. The maximum Gasteiger partial charge on any atom is 0.0867 e. The molecule has 1 aliphatic rings. The summed E-state index contributed by atoms with van der Waals surface area (Å²) in [5, 5.41) is 18.7. The quantitative estimate of drug-likeness (QED) is 0.823. The van der Waals surface area contributed by atoms with Crippen LogP contribution in [0.3, 0.4) is 0 Å². The molecule has 0 radical (unpaired) electrons. The fraction of sp³-hybridized carbons (Fsp3) is 0.727. The van der Waals surface area contributed by atoms with Crippen LogP contribution in [-0.4, -0.2) is 33.6 Å². The van der Waals surface area contributed by atoms with Crippen molar-refractivity contribution < 1.29 is 5.11 Å². The van der Waals surface area contributed by atoms with Crippen molar-refractivity contribution in [3.63, 3.8) is 0 Å². The number of nitrogens with zero attached hydrogens (tertiary/aromatic N) is 2. The summed E-state index contributed by atoms with van der Waals surface area (Å²) in [7, 11) is 0. The molecule has 0 unspecified atom stereocenters. The van der Waals surface area contributed by atoms with Crippen LogP contribution in [0.2, 0.25) is 5.02 Å². The smallest absolute Gasteiger partial charge is 0.0867 e. The van der Waals surface area contributed by atoms with Crippen molar-refractivity contribution in [2.75, 3.05) is 13.1 Å². The predicted molar refractivity (Wildman–Crippen MR) is 63.8 cm³/mol. The normalized spacial score (nSPS) is 20.0. The Morgan fingerprint density at radius 3 is 2.56 bits per heavy atom. The number of aliphatic hydroxyl groups is 1. The first-order valence-corrected chi connectivity index (χ1v) is 6.02. The molecule has 1 fully saturated rings. The van der Waals surface area contributed by atoms with Gasteiger partial charge in [0.1, 0.15) is 0 Å². The number of piperidine rings is 1. The van der Waals surface area contributed by atoms with Crippen molar-refractivity contribution in [3.05, 3.63) is 16.4 Å². The third-order valence-corrected chi connectivity index (χ3v) is 3.82.